The summed E-state index contributed by atoms with van der Waals surface area (Å²) in [4.78, 5) is 25.0. The Morgan fingerprint density at radius 2 is 1.54 bits per heavy atom. The minimum absolute atomic E-state index is 0.132. The maximum absolute atomic E-state index is 12.3. The van der Waals surface area contributed by atoms with Crippen LogP contribution in [0.1, 0.15) is 25.6 Å². The van der Waals surface area contributed by atoms with Gasteiger partial charge in [-0.15, -0.1) is 11.3 Å². The summed E-state index contributed by atoms with van der Waals surface area (Å²) in [5.41, 5.74) is 2.09. The van der Waals surface area contributed by atoms with E-state index in [0.717, 1.165) is 10.4 Å². The molecule has 2 N–H and O–H groups in total. The number of carboxylic acid groups (broad SMARTS) is 1. The Labute approximate surface area is 143 Å². The number of rotatable bonds is 4. The average Bonchev–Trinajstić information content (AvgIpc) is 2.92. The van der Waals surface area contributed by atoms with Gasteiger partial charge in [-0.1, -0.05) is 48.5 Å². The molecule has 5 heteroatoms. The summed E-state index contributed by atoms with van der Waals surface area (Å²) in [6.45, 7) is 1.86. The van der Waals surface area contributed by atoms with Crippen LogP contribution in [-0.4, -0.2) is 17.0 Å². The third-order valence-corrected chi connectivity index (χ3v) is 4.64. The fraction of sp³-hybridized carbons (Fsp3) is 0.0526. The summed E-state index contributed by atoms with van der Waals surface area (Å²) in [7, 11) is 0. The Hall–Kier alpha value is -2.92. The molecule has 0 radical (unpaired) electrons. The number of benzene rings is 2. The molecule has 0 fully saturated rings. The van der Waals surface area contributed by atoms with Crippen LogP contribution in [0.4, 0.5) is 5.00 Å². The molecule has 2 aromatic carbocycles. The van der Waals surface area contributed by atoms with Gasteiger partial charge in [0.25, 0.3) is 5.91 Å². The van der Waals surface area contributed by atoms with Crippen molar-refractivity contribution < 1.29 is 14.7 Å². The molecule has 120 valence electrons. The molecule has 0 saturated carbocycles. The normalized spacial score (nSPS) is 10.4. The second-order valence-electron chi connectivity index (χ2n) is 5.23. The molecule has 24 heavy (non-hydrogen) atoms. The molecular formula is C19H15NO3S. The number of hydrogen-bond donors (Lipinski definition) is 2. The van der Waals surface area contributed by atoms with E-state index in [0.29, 0.717) is 16.1 Å². The fourth-order valence-corrected chi connectivity index (χ4v) is 3.62. The van der Waals surface area contributed by atoms with Crippen LogP contribution in [0.15, 0.2) is 60.7 Å². The van der Waals surface area contributed by atoms with Gasteiger partial charge in [0.2, 0.25) is 0 Å². The van der Waals surface area contributed by atoms with Crippen molar-refractivity contribution in [3.63, 3.8) is 0 Å². The van der Waals surface area contributed by atoms with E-state index in [1.807, 2.05) is 43.3 Å². The standard InChI is InChI=1S/C19H15NO3S/c1-12-15(13-8-4-2-5-9-13)16(19(22)23)18(24-12)20-17(21)14-10-6-3-7-11-14/h2-11H,1H3,(H,20,21)(H,22,23). The summed E-state index contributed by atoms with van der Waals surface area (Å²) < 4.78 is 0. The highest BCUT2D eigenvalue weighted by Gasteiger charge is 2.24. The highest BCUT2D eigenvalue weighted by Crippen LogP contribution is 2.40. The maximum atomic E-state index is 12.3. The number of aromatic carboxylic acids is 1. The molecule has 4 nitrogen and oxygen atoms in total. The third kappa shape index (κ3) is 3.07. The molecule has 3 rings (SSSR count). The summed E-state index contributed by atoms with van der Waals surface area (Å²) in [6.07, 6.45) is 0. The number of carbonyl (C=O) groups is 2. The second-order valence-corrected chi connectivity index (χ2v) is 6.45. The molecule has 0 saturated heterocycles. The third-order valence-electron chi connectivity index (χ3n) is 3.62. The summed E-state index contributed by atoms with van der Waals surface area (Å²) in [5, 5.41) is 12.8. The van der Waals surface area contributed by atoms with Crippen LogP contribution in [-0.2, 0) is 0 Å². The highest BCUT2D eigenvalue weighted by atomic mass is 32.1. The van der Waals surface area contributed by atoms with E-state index in [9.17, 15) is 14.7 Å². The van der Waals surface area contributed by atoms with E-state index in [1.54, 1.807) is 24.3 Å². The molecule has 0 aliphatic rings. The monoisotopic (exact) mass is 337 g/mol. The first-order valence-electron chi connectivity index (χ1n) is 7.36. The van der Waals surface area contributed by atoms with Gasteiger partial charge in [-0.05, 0) is 24.6 Å². The number of nitrogens with one attached hydrogen (secondary N) is 1. The van der Waals surface area contributed by atoms with Crippen LogP contribution in [0.25, 0.3) is 11.1 Å². The van der Waals surface area contributed by atoms with Gasteiger partial charge in [-0.3, -0.25) is 4.79 Å². The number of amides is 1. The van der Waals surface area contributed by atoms with Gasteiger partial charge >= 0.3 is 5.97 Å². The SMILES string of the molecule is Cc1sc(NC(=O)c2ccccc2)c(C(=O)O)c1-c1ccccc1. The molecule has 1 amide bonds. The van der Waals surface area contributed by atoms with Crippen LogP contribution in [0.3, 0.4) is 0 Å². The van der Waals surface area contributed by atoms with Crippen LogP contribution < -0.4 is 5.32 Å². The lowest BCUT2D eigenvalue weighted by Gasteiger charge is -2.06. The first-order valence-corrected chi connectivity index (χ1v) is 8.18. The lowest BCUT2D eigenvalue weighted by atomic mass is 10.0. The zero-order chi connectivity index (χ0) is 17.1. The predicted molar refractivity (Wildman–Crippen MR) is 95.8 cm³/mol. The van der Waals surface area contributed by atoms with E-state index in [1.165, 1.54) is 11.3 Å². The van der Waals surface area contributed by atoms with Gasteiger partial charge in [-0.25, -0.2) is 4.79 Å². The van der Waals surface area contributed by atoms with Crippen molar-refractivity contribution in [1.82, 2.24) is 0 Å². The first kappa shape index (κ1) is 16.0. The first-order chi connectivity index (χ1) is 11.6. The molecule has 0 spiro atoms. The Balaban J connectivity index is 2.03. The Morgan fingerprint density at radius 3 is 2.12 bits per heavy atom. The van der Waals surface area contributed by atoms with Crippen molar-refractivity contribution in [3.8, 4) is 11.1 Å². The summed E-state index contributed by atoms with van der Waals surface area (Å²) in [5.74, 6) is -1.37. The van der Waals surface area contributed by atoms with Gasteiger partial charge in [0.15, 0.2) is 0 Å². The molecule has 1 aromatic heterocycles. The van der Waals surface area contributed by atoms with E-state index in [-0.39, 0.29) is 11.5 Å². The molecule has 3 aromatic rings. The van der Waals surface area contributed by atoms with Crippen molar-refractivity contribution in [2.24, 2.45) is 0 Å². The van der Waals surface area contributed by atoms with Crippen molar-refractivity contribution >= 4 is 28.2 Å². The van der Waals surface area contributed by atoms with Crippen LogP contribution >= 0.6 is 11.3 Å². The van der Waals surface area contributed by atoms with Gasteiger partial charge in [0, 0.05) is 16.0 Å². The minimum atomic E-state index is -1.05. The van der Waals surface area contributed by atoms with E-state index in [2.05, 4.69) is 5.32 Å². The molecule has 0 atom stereocenters. The van der Waals surface area contributed by atoms with Crippen molar-refractivity contribution in [1.29, 1.82) is 0 Å². The van der Waals surface area contributed by atoms with E-state index < -0.39 is 5.97 Å². The summed E-state index contributed by atoms with van der Waals surface area (Å²) in [6, 6.07) is 18.1. The number of thiophene rings is 1. The molecular weight excluding hydrogens is 322 g/mol. The topological polar surface area (TPSA) is 66.4 Å². The van der Waals surface area contributed by atoms with Gasteiger partial charge in [-0.2, -0.15) is 0 Å². The van der Waals surface area contributed by atoms with Gasteiger partial charge in [0.05, 0.1) is 0 Å². The largest absolute Gasteiger partial charge is 0.478 e. The number of aryl methyl sites for hydroxylation is 1. The lowest BCUT2D eigenvalue weighted by Crippen LogP contribution is -2.13. The highest BCUT2D eigenvalue weighted by molar-refractivity contribution is 7.17. The van der Waals surface area contributed by atoms with Gasteiger partial charge in [0.1, 0.15) is 10.6 Å². The van der Waals surface area contributed by atoms with Crippen molar-refractivity contribution in [2.75, 3.05) is 5.32 Å². The number of hydrogen-bond acceptors (Lipinski definition) is 3. The smallest absolute Gasteiger partial charge is 0.339 e. The number of carbonyl (C=O) groups excluding carboxylic acids is 1. The quantitative estimate of drug-likeness (QED) is 0.727. The maximum Gasteiger partial charge on any atom is 0.339 e. The Kier molecular flexibility index (Phi) is 4.44. The van der Waals surface area contributed by atoms with Crippen LogP contribution in [0, 0.1) is 6.92 Å². The van der Waals surface area contributed by atoms with Crippen LogP contribution in [0.5, 0.6) is 0 Å². The minimum Gasteiger partial charge on any atom is -0.478 e. The average molecular weight is 337 g/mol. The van der Waals surface area contributed by atoms with Crippen molar-refractivity contribution in [2.45, 2.75) is 6.92 Å². The van der Waals surface area contributed by atoms with E-state index >= 15 is 0 Å². The number of carboxylic acids is 1. The second kappa shape index (κ2) is 6.68. The Morgan fingerprint density at radius 1 is 0.958 bits per heavy atom. The molecule has 0 aliphatic carbocycles. The zero-order valence-electron chi connectivity index (χ0n) is 12.9. The van der Waals surface area contributed by atoms with Crippen LogP contribution in [0.2, 0.25) is 0 Å². The van der Waals surface area contributed by atoms with Crippen molar-refractivity contribution in [3.05, 3.63) is 76.7 Å². The molecule has 0 aliphatic heterocycles. The Bertz CT molecular complexity index is 886. The van der Waals surface area contributed by atoms with Gasteiger partial charge < -0.3 is 10.4 Å². The molecule has 0 unspecified atom stereocenters. The molecule has 1 heterocycles. The summed E-state index contributed by atoms with van der Waals surface area (Å²) >= 11 is 1.27. The zero-order valence-corrected chi connectivity index (χ0v) is 13.8. The van der Waals surface area contributed by atoms with E-state index in [4.69, 9.17) is 0 Å². The lowest BCUT2D eigenvalue weighted by molar-refractivity contribution is 0.0699. The molecule has 0 bridgehead atoms. The fourth-order valence-electron chi connectivity index (χ4n) is 2.55. The predicted octanol–water partition coefficient (Wildman–Crippen LogP) is 4.67. The number of anilines is 1.